The number of hydrogen-bond acceptors (Lipinski definition) is 9. The number of phenolic OH excluding ortho intramolecular Hbond substituents is 4. The fourth-order valence-electron chi connectivity index (χ4n) is 5.43. The first-order valence-electron chi connectivity index (χ1n) is 13.5. The van der Waals surface area contributed by atoms with Gasteiger partial charge in [-0.05, 0) is 30.3 Å². The lowest BCUT2D eigenvalue weighted by molar-refractivity contribution is 0.0224. The Kier molecular flexibility index (Phi) is 7.88. The van der Waals surface area contributed by atoms with Gasteiger partial charge in [0.15, 0.2) is 11.4 Å². The summed E-state index contributed by atoms with van der Waals surface area (Å²) in [4.78, 5) is 36.0. The molecule has 5 aromatic carbocycles. The molecule has 2 heterocycles. The molecule has 2 aliphatic rings. The largest absolute Gasteiger partial charge is 0.507 e. The highest BCUT2D eigenvalue weighted by Crippen LogP contribution is 2.58. The van der Waals surface area contributed by atoms with Crippen molar-refractivity contribution in [3.05, 3.63) is 139 Å². The van der Waals surface area contributed by atoms with Crippen LogP contribution in [0.25, 0.3) is 0 Å². The minimum absolute atomic E-state index is 0.0722. The zero-order valence-corrected chi connectivity index (χ0v) is 25.8. The van der Waals surface area contributed by atoms with Crippen molar-refractivity contribution in [2.45, 2.75) is 5.60 Å². The van der Waals surface area contributed by atoms with Crippen LogP contribution >= 0.6 is 34.8 Å². The van der Waals surface area contributed by atoms with E-state index in [1.165, 1.54) is 48.5 Å². The molecule has 0 aromatic heterocycles. The van der Waals surface area contributed by atoms with E-state index in [2.05, 4.69) is 0 Å². The van der Waals surface area contributed by atoms with Crippen LogP contribution in [0.4, 0.5) is 0 Å². The summed E-state index contributed by atoms with van der Waals surface area (Å²) in [6, 6.07) is 20.3. The maximum Gasteiger partial charge on any atom is 0.340 e. The number of rotatable bonds is 3. The molecule has 0 saturated heterocycles. The number of ketones is 1. The molecule has 0 bridgehead atoms. The standard InChI is InChI=1S/C20H10Cl2O5.C14H9ClO5/c21-13-5-11-17(7-15(13)23)26-18-8-16(24)14(22)6-12(18)20(11)10-4-2-1-3-9(10)19(25)27-20;15-10-5-9(11(16)6-12(10)17)13(18)7-3-1-2-4-8(7)14(19)20/h1-8,23-24H;1-6,16-17H,(H,19,20). The molecule has 0 radical (unpaired) electrons. The van der Waals surface area contributed by atoms with Crippen molar-refractivity contribution >= 4 is 52.5 Å². The van der Waals surface area contributed by atoms with Crippen molar-refractivity contribution in [2.75, 3.05) is 0 Å². The quantitative estimate of drug-likeness (QED) is 0.0934. The van der Waals surface area contributed by atoms with Crippen LogP contribution in [0.5, 0.6) is 34.5 Å². The highest BCUT2D eigenvalue weighted by Gasteiger charge is 2.54. The number of esters is 1. The second-order valence-electron chi connectivity index (χ2n) is 10.3. The van der Waals surface area contributed by atoms with Crippen LogP contribution in [0.3, 0.4) is 0 Å². The van der Waals surface area contributed by atoms with E-state index >= 15 is 0 Å². The maximum atomic E-state index is 12.6. The second kappa shape index (κ2) is 11.7. The summed E-state index contributed by atoms with van der Waals surface area (Å²) in [5.74, 6) is -3.12. The van der Waals surface area contributed by atoms with Crippen LogP contribution in [0.1, 0.15) is 53.3 Å². The molecule has 13 heteroatoms. The smallest absolute Gasteiger partial charge is 0.340 e. The molecule has 0 fully saturated rings. The minimum Gasteiger partial charge on any atom is -0.507 e. The van der Waals surface area contributed by atoms with Crippen molar-refractivity contribution in [3.8, 4) is 34.5 Å². The van der Waals surface area contributed by atoms with Gasteiger partial charge in [0.1, 0.15) is 34.5 Å². The number of aromatic carboxylic acids is 1. The SMILES string of the molecule is O=C(O)c1ccccc1C(=O)c1cc(Cl)c(O)cc1O.O=C1OC2(c3cc(Cl)c(O)cc3Oc3cc(O)c(Cl)cc32)c2ccccc21. The van der Waals surface area contributed by atoms with Crippen LogP contribution in [0.2, 0.25) is 15.1 Å². The van der Waals surface area contributed by atoms with E-state index < -0.39 is 29.1 Å². The van der Waals surface area contributed by atoms with Crippen molar-refractivity contribution in [3.63, 3.8) is 0 Å². The number of ether oxygens (including phenoxy) is 2. The fourth-order valence-corrected chi connectivity index (χ4v) is 5.92. The highest BCUT2D eigenvalue weighted by atomic mass is 35.5. The Morgan fingerprint density at radius 1 is 0.596 bits per heavy atom. The second-order valence-corrected chi connectivity index (χ2v) is 11.5. The molecule has 5 aromatic rings. The van der Waals surface area contributed by atoms with Gasteiger partial charge in [0.05, 0.1) is 31.8 Å². The lowest BCUT2D eigenvalue weighted by atomic mass is 9.77. The van der Waals surface area contributed by atoms with Gasteiger partial charge >= 0.3 is 11.9 Å². The van der Waals surface area contributed by atoms with Crippen LogP contribution in [0.15, 0.2) is 84.9 Å². The number of carboxylic acids is 1. The average molecular weight is 694 g/mol. The van der Waals surface area contributed by atoms with Gasteiger partial charge in [-0.2, -0.15) is 0 Å². The topological polar surface area (TPSA) is 171 Å². The summed E-state index contributed by atoms with van der Waals surface area (Å²) in [5.41, 5.74) is 0.134. The van der Waals surface area contributed by atoms with E-state index in [-0.39, 0.29) is 60.5 Å². The summed E-state index contributed by atoms with van der Waals surface area (Å²) in [5, 5.41) is 48.1. The van der Waals surface area contributed by atoms with E-state index in [1.807, 2.05) is 0 Å². The molecule has 7 rings (SSSR count). The summed E-state index contributed by atoms with van der Waals surface area (Å²) in [6.45, 7) is 0. The molecule has 0 saturated carbocycles. The number of aromatic hydroxyl groups is 4. The summed E-state index contributed by atoms with van der Waals surface area (Å²) < 4.78 is 11.8. The molecule has 47 heavy (non-hydrogen) atoms. The molecule has 2 aliphatic heterocycles. The molecule has 0 atom stereocenters. The van der Waals surface area contributed by atoms with Crippen molar-refractivity contribution in [1.29, 1.82) is 0 Å². The predicted octanol–water partition coefficient (Wildman–Crippen LogP) is 7.65. The van der Waals surface area contributed by atoms with E-state index in [4.69, 9.17) is 49.4 Å². The Morgan fingerprint density at radius 2 is 1.11 bits per heavy atom. The number of halogens is 3. The average Bonchev–Trinajstić information content (AvgIpc) is 3.34. The Labute approximate surface area is 280 Å². The van der Waals surface area contributed by atoms with E-state index in [9.17, 15) is 34.8 Å². The van der Waals surface area contributed by atoms with Crippen LogP contribution in [0, 0.1) is 0 Å². The van der Waals surface area contributed by atoms with Gasteiger partial charge in [-0.3, -0.25) is 4.79 Å². The fraction of sp³-hybridized carbons (Fsp3) is 0.0294. The molecule has 236 valence electrons. The van der Waals surface area contributed by atoms with Crippen molar-refractivity contribution in [2.24, 2.45) is 0 Å². The lowest BCUT2D eigenvalue weighted by Crippen LogP contribution is -2.33. The number of hydrogen-bond donors (Lipinski definition) is 5. The third-order valence-corrected chi connectivity index (χ3v) is 8.47. The Bertz CT molecular complexity index is 2100. The Hall–Kier alpha value is -5.42. The first kappa shape index (κ1) is 31.6. The first-order chi connectivity index (χ1) is 22.3. The van der Waals surface area contributed by atoms with Crippen molar-refractivity contribution < 1.29 is 49.4 Å². The minimum atomic E-state index is -1.36. The molecule has 10 nitrogen and oxygen atoms in total. The summed E-state index contributed by atoms with van der Waals surface area (Å²) >= 11 is 18.0. The Balaban J connectivity index is 0.000000173. The van der Waals surface area contributed by atoms with Gasteiger partial charge in [0.25, 0.3) is 0 Å². The normalized spacial score (nSPS) is 13.3. The van der Waals surface area contributed by atoms with E-state index in [0.717, 1.165) is 12.1 Å². The van der Waals surface area contributed by atoms with Gasteiger partial charge in [-0.25, -0.2) is 9.59 Å². The van der Waals surface area contributed by atoms with E-state index in [1.54, 1.807) is 24.3 Å². The number of carbonyl (C=O) groups excluding carboxylic acids is 2. The number of phenols is 4. The third-order valence-electron chi connectivity index (χ3n) is 7.56. The van der Waals surface area contributed by atoms with E-state index in [0.29, 0.717) is 22.3 Å². The maximum absolute atomic E-state index is 12.6. The van der Waals surface area contributed by atoms with Crippen LogP contribution < -0.4 is 4.74 Å². The lowest BCUT2D eigenvalue weighted by Gasteiger charge is -2.36. The molecule has 0 amide bonds. The zero-order valence-electron chi connectivity index (χ0n) is 23.5. The molecular weight excluding hydrogens is 675 g/mol. The van der Waals surface area contributed by atoms with Gasteiger partial charge in [-0.1, -0.05) is 71.2 Å². The summed E-state index contributed by atoms with van der Waals surface area (Å²) in [6.07, 6.45) is 0. The van der Waals surface area contributed by atoms with Gasteiger partial charge in [0.2, 0.25) is 0 Å². The molecule has 1 spiro atoms. The van der Waals surface area contributed by atoms with Crippen molar-refractivity contribution in [1.82, 2.24) is 0 Å². The third kappa shape index (κ3) is 5.22. The number of carboxylic acid groups (broad SMARTS) is 1. The Morgan fingerprint density at radius 3 is 1.70 bits per heavy atom. The molecule has 0 aliphatic carbocycles. The van der Waals surface area contributed by atoms with Crippen LogP contribution in [-0.2, 0) is 10.3 Å². The number of carbonyl (C=O) groups is 3. The number of fused-ring (bicyclic) bond motifs is 6. The molecule has 0 unspecified atom stereocenters. The predicted molar refractivity (Wildman–Crippen MR) is 170 cm³/mol. The summed E-state index contributed by atoms with van der Waals surface area (Å²) in [7, 11) is 0. The van der Waals surface area contributed by atoms with Gasteiger partial charge < -0.3 is 35.0 Å². The monoisotopic (exact) mass is 692 g/mol. The zero-order chi connectivity index (χ0) is 33.8. The first-order valence-corrected chi connectivity index (χ1v) is 14.6. The van der Waals surface area contributed by atoms with Gasteiger partial charge in [-0.15, -0.1) is 0 Å². The highest BCUT2D eigenvalue weighted by molar-refractivity contribution is 6.33. The molecular formula is C34H19Cl3O10. The van der Waals surface area contributed by atoms with Gasteiger partial charge in [0, 0.05) is 40.5 Å². The number of benzene rings is 5. The molecule has 5 N–H and O–H groups in total. The van der Waals surface area contributed by atoms with Crippen LogP contribution in [-0.4, -0.2) is 43.3 Å².